The van der Waals surface area contributed by atoms with E-state index in [-0.39, 0.29) is 29.6 Å². The summed E-state index contributed by atoms with van der Waals surface area (Å²) in [5, 5.41) is 9.13. The highest BCUT2D eigenvalue weighted by Crippen LogP contribution is 2.33. The van der Waals surface area contributed by atoms with Gasteiger partial charge < -0.3 is 9.72 Å². The molecule has 0 saturated carbocycles. The maximum Gasteiger partial charge on any atom is 0.355 e. The highest BCUT2D eigenvalue weighted by Gasteiger charge is 2.30. The standard InChI is InChI=1S/C31H38FN5O4S/c1-20(2)19-41-30(38)29-28(25-16-23(32)8-11-26(25)33-29)27-18-36(35-34-27)17-21-12-14-37(15-13-21)42(39,40)24-9-6-22(7-10-24)31(3,4)5/h6-11,16,18,20-21,33H,12-15,17,19H2,1-5H3. The molecule has 2 aromatic carbocycles. The number of fused-ring (bicyclic) bond motifs is 1. The third kappa shape index (κ3) is 6.27. The van der Waals surface area contributed by atoms with E-state index in [0.29, 0.717) is 59.5 Å². The van der Waals surface area contributed by atoms with Crippen molar-refractivity contribution < 1.29 is 22.3 Å². The lowest BCUT2D eigenvalue weighted by atomic mass is 9.87. The molecule has 0 spiro atoms. The predicted octanol–water partition coefficient (Wildman–Crippen LogP) is 5.78. The number of aromatic nitrogens is 4. The molecule has 1 aliphatic heterocycles. The van der Waals surface area contributed by atoms with Gasteiger partial charge in [0.2, 0.25) is 10.0 Å². The van der Waals surface area contributed by atoms with Crippen molar-refractivity contribution in [2.45, 2.75) is 64.3 Å². The summed E-state index contributed by atoms with van der Waals surface area (Å²) < 4.78 is 49.5. The van der Waals surface area contributed by atoms with Crippen LogP contribution in [0.2, 0.25) is 0 Å². The van der Waals surface area contributed by atoms with Gasteiger partial charge in [-0.25, -0.2) is 17.6 Å². The zero-order valence-electron chi connectivity index (χ0n) is 24.7. The lowest BCUT2D eigenvalue weighted by Gasteiger charge is -2.31. The van der Waals surface area contributed by atoms with Gasteiger partial charge in [-0.15, -0.1) is 5.10 Å². The van der Waals surface area contributed by atoms with Crippen molar-refractivity contribution in [2.24, 2.45) is 11.8 Å². The Hall–Kier alpha value is -3.57. The van der Waals surface area contributed by atoms with Crippen LogP contribution >= 0.6 is 0 Å². The second-order valence-electron chi connectivity index (χ2n) is 12.5. The molecule has 0 atom stereocenters. The number of hydrogen-bond acceptors (Lipinski definition) is 6. The SMILES string of the molecule is CC(C)COC(=O)c1[nH]c2ccc(F)cc2c1-c1cn(CC2CCN(S(=O)(=O)c3ccc(C(C)(C)C)cc3)CC2)nn1. The van der Waals surface area contributed by atoms with Crippen LogP contribution in [0.5, 0.6) is 0 Å². The number of rotatable bonds is 8. The minimum absolute atomic E-state index is 0.0507. The number of aromatic amines is 1. The summed E-state index contributed by atoms with van der Waals surface area (Å²) in [7, 11) is -3.57. The van der Waals surface area contributed by atoms with Crippen LogP contribution in [-0.2, 0) is 26.7 Å². The fraction of sp³-hybridized carbons (Fsp3) is 0.452. The highest BCUT2D eigenvalue weighted by atomic mass is 32.2. The zero-order chi connectivity index (χ0) is 30.2. The van der Waals surface area contributed by atoms with Crippen molar-refractivity contribution in [1.82, 2.24) is 24.3 Å². The lowest BCUT2D eigenvalue weighted by Crippen LogP contribution is -2.39. The summed E-state index contributed by atoms with van der Waals surface area (Å²) in [5.41, 5.74) is 2.72. The Labute approximate surface area is 246 Å². The molecule has 0 radical (unpaired) electrons. The predicted molar refractivity (Wildman–Crippen MR) is 159 cm³/mol. The third-order valence-corrected chi connectivity index (χ3v) is 9.60. The summed E-state index contributed by atoms with van der Waals surface area (Å²) in [5.74, 6) is -0.601. The quantitative estimate of drug-likeness (QED) is 0.259. The van der Waals surface area contributed by atoms with E-state index < -0.39 is 21.8 Å². The van der Waals surface area contributed by atoms with Gasteiger partial charge in [0, 0.05) is 36.1 Å². The number of piperidine rings is 1. The fourth-order valence-corrected chi connectivity index (χ4v) is 6.74. The normalized spacial score (nSPS) is 15.5. The van der Waals surface area contributed by atoms with Gasteiger partial charge in [0.1, 0.15) is 17.2 Å². The average molecular weight is 596 g/mol. The number of ether oxygens (including phenoxy) is 1. The first-order valence-electron chi connectivity index (χ1n) is 14.3. The number of esters is 1. The van der Waals surface area contributed by atoms with Crippen molar-refractivity contribution in [3.63, 3.8) is 0 Å². The van der Waals surface area contributed by atoms with Crippen LogP contribution in [0, 0.1) is 17.7 Å². The molecule has 1 aliphatic rings. The van der Waals surface area contributed by atoms with Gasteiger partial charge in [0.25, 0.3) is 0 Å². The van der Waals surface area contributed by atoms with E-state index in [1.54, 1.807) is 33.4 Å². The van der Waals surface area contributed by atoms with E-state index in [4.69, 9.17) is 4.74 Å². The minimum Gasteiger partial charge on any atom is -0.461 e. The van der Waals surface area contributed by atoms with Crippen molar-refractivity contribution >= 4 is 26.9 Å². The van der Waals surface area contributed by atoms with E-state index in [1.807, 2.05) is 26.0 Å². The number of carbonyl (C=O) groups excluding carboxylic acids is 1. The number of hydrogen-bond donors (Lipinski definition) is 1. The Morgan fingerprint density at radius 2 is 1.81 bits per heavy atom. The van der Waals surface area contributed by atoms with E-state index >= 15 is 0 Å². The molecule has 3 heterocycles. The average Bonchev–Trinajstić information content (AvgIpc) is 3.55. The first-order chi connectivity index (χ1) is 19.8. The maximum absolute atomic E-state index is 14.2. The smallest absolute Gasteiger partial charge is 0.355 e. The molecule has 9 nitrogen and oxygen atoms in total. The Morgan fingerprint density at radius 3 is 2.45 bits per heavy atom. The summed E-state index contributed by atoms with van der Waals surface area (Å²) in [6.07, 6.45) is 3.10. The van der Waals surface area contributed by atoms with Crippen molar-refractivity contribution in [2.75, 3.05) is 19.7 Å². The molecule has 5 rings (SSSR count). The van der Waals surface area contributed by atoms with Crippen LogP contribution in [0.4, 0.5) is 4.39 Å². The van der Waals surface area contributed by atoms with Crippen LogP contribution in [0.1, 0.15) is 63.5 Å². The summed E-state index contributed by atoms with van der Waals surface area (Å²) in [6.45, 7) is 11.8. The molecule has 1 N–H and O–H groups in total. The summed E-state index contributed by atoms with van der Waals surface area (Å²) >= 11 is 0. The Morgan fingerprint density at radius 1 is 1.12 bits per heavy atom. The fourth-order valence-electron chi connectivity index (χ4n) is 5.27. The van der Waals surface area contributed by atoms with Gasteiger partial charge in [0.05, 0.1) is 17.7 Å². The van der Waals surface area contributed by atoms with Gasteiger partial charge >= 0.3 is 5.97 Å². The summed E-state index contributed by atoms with van der Waals surface area (Å²) in [4.78, 5) is 16.3. The van der Waals surface area contributed by atoms with E-state index in [0.717, 1.165) is 5.56 Å². The number of H-pyrrole nitrogens is 1. The van der Waals surface area contributed by atoms with Crippen molar-refractivity contribution in [3.8, 4) is 11.3 Å². The molecular weight excluding hydrogens is 557 g/mol. The Bertz CT molecular complexity index is 1680. The number of benzene rings is 2. The van der Waals surface area contributed by atoms with Crippen LogP contribution in [0.25, 0.3) is 22.2 Å². The van der Waals surface area contributed by atoms with Crippen LogP contribution in [-0.4, -0.2) is 58.4 Å². The monoisotopic (exact) mass is 595 g/mol. The van der Waals surface area contributed by atoms with Gasteiger partial charge in [-0.3, -0.25) is 4.68 Å². The molecule has 0 aliphatic carbocycles. The Kier molecular flexibility index (Phi) is 8.26. The zero-order valence-corrected chi connectivity index (χ0v) is 25.5. The molecular formula is C31H38FN5O4S. The van der Waals surface area contributed by atoms with E-state index in [9.17, 15) is 17.6 Å². The molecule has 4 aromatic rings. The Balaban J connectivity index is 1.29. The molecule has 42 heavy (non-hydrogen) atoms. The molecule has 0 unspecified atom stereocenters. The third-order valence-electron chi connectivity index (χ3n) is 7.68. The molecule has 224 valence electrons. The lowest BCUT2D eigenvalue weighted by molar-refractivity contribution is 0.0454. The molecule has 11 heteroatoms. The van der Waals surface area contributed by atoms with E-state index in [1.165, 1.54) is 12.1 Å². The molecule has 2 aromatic heterocycles. The van der Waals surface area contributed by atoms with Gasteiger partial charge in [-0.1, -0.05) is 52.0 Å². The highest BCUT2D eigenvalue weighted by molar-refractivity contribution is 7.89. The van der Waals surface area contributed by atoms with Crippen molar-refractivity contribution in [3.05, 3.63) is 65.7 Å². The van der Waals surface area contributed by atoms with E-state index in [2.05, 4.69) is 36.1 Å². The van der Waals surface area contributed by atoms with Gasteiger partial charge in [-0.2, -0.15) is 4.31 Å². The number of carbonyl (C=O) groups is 1. The second kappa shape index (κ2) is 11.6. The molecule has 1 fully saturated rings. The van der Waals surface area contributed by atoms with Gasteiger partial charge in [-0.05, 0) is 66.0 Å². The first-order valence-corrected chi connectivity index (χ1v) is 15.8. The topological polar surface area (TPSA) is 110 Å². The first kappa shape index (κ1) is 29.9. The van der Waals surface area contributed by atoms with Crippen LogP contribution in [0.15, 0.2) is 53.6 Å². The number of halogens is 1. The summed E-state index contributed by atoms with van der Waals surface area (Å²) in [6, 6.07) is 11.4. The second-order valence-corrected chi connectivity index (χ2v) is 14.4. The molecule has 0 amide bonds. The number of nitrogens with zero attached hydrogens (tertiary/aromatic N) is 4. The van der Waals surface area contributed by atoms with Crippen LogP contribution in [0.3, 0.4) is 0 Å². The molecule has 1 saturated heterocycles. The number of nitrogens with one attached hydrogen (secondary N) is 1. The number of sulfonamides is 1. The van der Waals surface area contributed by atoms with Crippen LogP contribution < -0.4 is 0 Å². The largest absolute Gasteiger partial charge is 0.461 e. The maximum atomic E-state index is 14.2. The minimum atomic E-state index is -3.57. The van der Waals surface area contributed by atoms with Gasteiger partial charge in [0.15, 0.2) is 0 Å². The van der Waals surface area contributed by atoms with Crippen molar-refractivity contribution in [1.29, 1.82) is 0 Å². The molecule has 0 bridgehead atoms.